The van der Waals surface area contributed by atoms with Crippen LogP contribution in [0.15, 0.2) is 33.7 Å². The van der Waals surface area contributed by atoms with Crippen molar-refractivity contribution in [1.82, 2.24) is 15.5 Å². The smallest absolute Gasteiger partial charge is 0.231 e. The molecule has 5 heteroatoms. The Hall–Kier alpha value is -1.33. The molecular weight excluding hydrogens is 282 g/mol. The molecule has 0 saturated heterocycles. The van der Waals surface area contributed by atoms with E-state index in [1.807, 2.05) is 12.1 Å². The average molecular weight is 305 g/mol. The van der Waals surface area contributed by atoms with Crippen LogP contribution in [0.3, 0.4) is 0 Å². The molecule has 0 bridgehead atoms. The van der Waals surface area contributed by atoms with Crippen molar-refractivity contribution in [3.63, 3.8) is 0 Å². The summed E-state index contributed by atoms with van der Waals surface area (Å²) in [4.78, 5) is 5.77. The zero-order valence-corrected chi connectivity index (χ0v) is 13.9. The molecule has 2 aromatic rings. The molecule has 0 aliphatic carbocycles. The lowest BCUT2D eigenvalue weighted by Crippen LogP contribution is -2.31. The van der Waals surface area contributed by atoms with Gasteiger partial charge in [-0.15, -0.1) is 11.8 Å². The second-order valence-electron chi connectivity index (χ2n) is 5.22. The lowest BCUT2D eigenvalue weighted by Gasteiger charge is -2.17. The van der Waals surface area contributed by atoms with Gasteiger partial charge < -0.3 is 9.84 Å². The van der Waals surface area contributed by atoms with Crippen LogP contribution < -0.4 is 5.32 Å². The highest BCUT2D eigenvalue weighted by molar-refractivity contribution is 7.98. The Labute approximate surface area is 130 Å². The van der Waals surface area contributed by atoms with E-state index in [2.05, 4.69) is 54.6 Å². The quantitative estimate of drug-likeness (QED) is 0.785. The maximum absolute atomic E-state index is 5.43. The molecule has 114 valence electrons. The minimum atomic E-state index is 0.197. The van der Waals surface area contributed by atoms with E-state index in [-0.39, 0.29) is 5.92 Å². The minimum Gasteiger partial charge on any atom is -0.339 e. The van der Waals surface area contributed by atoms with Gasteiger partial charge in [0.05, 0.1) is 5.92 Å². The summed E-state index contributed by atoms with van der Waals surface area (Å²) < 4.78 is 5.43. The summed E-state index contributed by atoms with van der Waals surface area (Å²) in [5.41, 5.74) is 0.990. The predicted molar refractivity (Wildman–Crippen MR) is 87.7 cm³/mol. The third-order valence-corrected chi connectivity index (χ3v) is 4.39. The number of aromatic nitrogens is 2. The molecule has 2 atom stereocenters. The van der Waals surface area contributed by atoms with E-state index in [0.717, 1.165) is 18.5 Å². The van der Waals surface area contributed by atoms with E-state index in [1.54, 1.807) is 11.8 Å². The lowest BCUT2D eigenvalue weighted by molar-refractivity contribution is 0.331. The first kappa shape index (κ1) is 16.0. The van der Waals surface area contributed by atoms with E-state index in [1.165, 1.54) is 4.90 Å². The molecule has 0 fully saturated rings. The Balaban J connectivity index is 2.09. The van der Waals surface area contributed by atoms with Crippen LogP contribution in [-0.4, -0.2) is 29.0 Å². The van der Waals surface area contributed by atoms with Crippen molar-refractivity contribution in [2.45, 2.75) is 44.0 Å². The monoisotopic (exact) mass is 305 g/mol. The van der Waals surface area contributed by atoms with Crippen LogP contribution in [0.25, 0.3) is 11.4 Å². The molecule has 0 spiro atoms. The largest absolute Gasteiger partial charge is 0.339 e. The van der Waals surface area contributed by atoms with Crippen molar-refractivity contribution < 1.29 is 4.52 Å². The Morgan fingerprint density at radius 3 is 2.57 bits per heavy atom. The molecule has 0 aliphatic rings. The predicted octanol–water partition coefficient (Wildman–Crippen LogP) is 3.95. The van der Waals surface area contributed by atoms with Gasteiger partial charge in [-0.1, -0.05) is 19.0 Å². The summed E-state index contributed by atoms with van der Waals surface area (Å²) in [6.45, 7) is 7.43. The van der Waals surface area contributed by atoms with E-state index in [4.69, 9.17) is 4.52 Å². The van der Waals surface area contributed by atoms with Crippen LogP contribution >= 0.6 is 11.8 Å². The SMILES string of the molecule is CCCNC(C)C(C)c1nc(-c2ccc(SC)cc2)no1. The molecule has 2 unspecified atom stereocenters. The Bertz CT molecular complexity index is 553. The number of hydrogen-bond acceptors (Lipinski definition) is 5. The van der Waals surface area contributed by atoms with Gasteiger partial charge in [-0.05, 0) is 50.4 Å². The molecule has 0 aliphatic heterocycles. The van der Waals surface area contributed by atoms with Gasteiger partial charge in [-0.2, -0.15) is 4.98 Å². The molecule has 4 nitrogen and oxygen atoms in total. The topological polar surface area (TPSA) is 51.0 Å². The zero-order chi connectivity index (χ0) is 15.2. The first-order valence-electron chi connectivity index (χ1n) is 7.37. The third kappa shape index (κ3) is 4.08. The van der Waals surface area contributed by atoms with Crippen molar-refractivity contribution in [3.8, 4) is 11.4 Å². The van der Waals surface area contributed by atoms with Gasteiger partial charge in [0.25, 0.3) is 0 Å². The van der Waals surface area contributed by atoms with Crippen molar-refractivity contribution in [2.24, 2.45) is 0 Å². The fraction of sp³-hybridized carbons (Fsp3) is 0.500. The summed E-state index contributed by atoms with van der Waals surface area (Å²) in [7, 11) is 0. The van der Waals surface area contributed by atoms with E-state index < -0.39 is 0 Å². The highest BCUT2D eigenvalue weighted by Crippen LogP contribution is 2.24. The van der Waals surface area contributed by atoms with Crippen molar-refractivity contribution in [2.75, 3.05) is 12.8 Å². The number of hydrogen-bond donors (Lipinski definition) is 1. The van der Waals surface area contributed by atoms with Crippen molar-refractivity contribution in [1.29, 1.82) is 0 Å². The number of nitrogens with one attached hydrogen (secondary N) is 1. The fourth-order valence-electron chi connectivity index (χ4n) is 2.04. The fourth-order valence-corrected chi connectivity index (χ4v) is 2.45. The maximum Gasteiger partial charge on any atom is 0.231 e. The van der Waals surface area contributed by atoms with Gasteiger partial charge in [0.2, 0.25) is 11.7 Å². The van der Waals surface area contributed by atoms with Crippen LogP contribution in [0.2, 0.25) is 0 Å². The van der Waals surface area contributed by atoms with Crippen LogP contribution in [0, 0.1) is 0 Å². The molecule has 1 N–H and O–H groups in total. The van der Waals surface area contributed by atoms with E-state index in [0.29, 0.717) is 17.8 Å². The second-order valence-corrected chi connectivity index (χ2v) is 6.10. The van der Waals surface area contributed by atoms with E-state index >= 15 is 0 Å². The highest BCUT2D eigenvalue weighted by atomic mass is 32.2. The summed E-state index contributed by atoms with van der Waals surface area (Å²) in [5, 5.41) is 7.57. The normalized spacial score (nSPS) is 14.1. The molecule has 0 saturated carbocycles. The van der Waals surface area contributed by atoms with Crippen molar-refractivity contribution >= 4 is 11.8 Å². The van der Waals surface area contributed by atoms with Gasteiger partial charge in [-0.3, -0.25) is 0 Å². The zero-order valence-electron chi connectivity index (χ0n) is 13.1. The number of thioether (sulfide) groups is 1. The molecule has 0 amide bonds. The summed E-state index contributed by atoms with van der Waals surface area (Å²) in [5.74, 6) is 1.55. The first-order chi connectivity index (χ1) is 10.2. The van der Waals surface area contributed by atoms with Gasteiger partial charge in [0.1, 0.15) is 0 Å². The number of nitrogens with zero attached hydrogens (tertiary/aromatic N) is 2. The Morgan fingerprint density at radius 2 is 1.95 bits per heavy atom. The Morgan fingerprint density at radius 1 is 1.24 bits per heavy atom. The highest BCUT2D eigenvalue weighted by Gasteiger charge is 2.20. The molecule has 1 aromatic heterocycles. The van der Waals surface area contributed by atoms with Crippen LogP contribution in [0.4, 0.5) is 0 Å². The van der Waals surface area contributed by atoms with E-state index in [9.17, 15) is 0 Å². The van der Waals surface area contributed by atoms with Gasteiger partial charge in [0.15, 0.2) is 0 Å². The standard InChI is InChI=1S/C16H23N3OS/c1-5-10-17-12(3)11(2)16-18-15(19-20-16)13-6-8-14(21-4)9-7-13/h6-9,11-12,17H,5,10H2,1-4H3. The minimum absolute atomic E-state index is 0.197. The van der Waals surface area contributed by atoms with Crippen LogP contribution in [0.5, 0.6) is 0 Å². The number of rotatable bonds is 7. The van der Waals surface area contributed by atoms with Gasteiger partial charge in [0, 0.05) is 16.5 Å². The number of benzene rings is 1. The molecule has 1 aromatic carbocycles. The second kappa shape index (κ2) is 7.61. The molecule has 1 heterocycles. The van der Waals surface area contributed by atoms with Gasteiger partial charge in [-0.25, -0.2) is 0 Å². The summed E-state index contributed by atoms with van der Waals surface area (Å²) in [6, 6.07) is 8.53. The van der Waals surface area contributed by atoms with Crippen LogP contribution in [0.1, 0.15) is 39.0 Å². The summed E-state index contributed by atoms with van der Waals surface area (Å²) in [6.07, 6.45) is 3.18. The average Bonchev–Trinajstić information content (AvgIpc) is 3.01. The van der Waals surface area contributed by atoms with Crippen molar-refractivity contribution in [3.05, 3.63) is 30.2 Å². The Kier molecular flexibility index (Phi) is 5.82. The maximum atomic E-state index is 5.43. The van der Waals surface area contributed by atoms with Gasteiger partial charge >= 0.3 is 0 Å². The lowest BCUT2D eigenvalue weighted by atomic mass is 10.0. The molecule has 2 rings (SSSR count). The van der Waals surface area contributed by atoms with Crippen LogP contribution in [-0.2, 0) is 0 Å². The molecular formula is C16H23N3OS. The molecule has 21 heavy (non-hydrogen) atoms. The first-order valence-corrected chi connectivity index (χ1v) is 8.59. The molecule has 0 radical (unpaired) electrons. The third-order valence-electron chi connectivity index (χ3n) is 3.65. The summed E-state index contributed by atoms with van der Waals surface area (Å²) >= 11 is 1.72.